The average Bonchev–Trinajstić information content (AvgIpc) is 2.56. The fourth-order valence-corrected chi connectivity index (χ4v) is 3.21. The van der Waals surface area contributed by atoms with Gasteiger partial charge in [0, 0.05) is 17.9 Å². The summed E-state index contributed by atoms with van der Waals surface area (Å²) >= 11 is 1.61. The van der Waals surface area contributed by atoms with Crippen LogP contribution in [-0.4, -0.2) is 37.3 Å². The Balaban J connectivity index is 1.77. The summed E-state index contributed by atoms with van der Waals surface area (Å²) in [6, 6.07) is 7.39. The Morgan fingerprint density at radius 3 is 3.09 bits per heavy atom. The van der Waals surface area contributed by atoms with E-state index in [9.17, 15) is 4.79 Å². The molecular formula is C17H25NO4S. The van der Waals surface area contributed by atoms with Gasteiger partial charge in [0.15, 0.2) is 6.29 Å². The van der Waals surface area contributed by atoms with E-state index in [0.29, 0.717) is 12.4 Å². The van der Waals surface area contributed by atoms with E-state index in [1.165, 1.54) is 0 Å². The first-order valence-corrected chi connectivity index (χ1v) is 9.21. The molecule has 128 valence electrons. The monoisotopic (exact) mass is 339 g/mol. The van der Waals surface area contributed by atoms with Crippen LogP contribution in [0.3, 0.4) is 0 Å². The van der Waals surface area contributed by atoms with Crippen molar-refractivity contribution in [3.05, 3.63) is 29.8 Å². The van der Waals surface area contributed by atoms with Crippen molar-refractivity contribution >= 4 is 17.7 Å². The molecule has 2 atom stereocenters. The molecule has 1 fully saturated rings. The Morgan fingerprint density at radius 2 is 2.35 bits per heavy atom. The number of hydrogen-bond acceptors (Lipinski definition) is 6. The SMILES string of the molecule is CCOC(=O)[C@@H](N)CSCc1cccc(OC2CCCCO2)c1. The summed E-state index contributed by atoms with van der Waals surface area (Å²) in [5.74, 6) is 1.79. The highest BCUT2D eigenvalue weighted by atomic mass is 32.2. The maximum absolute atomic E-state index is 11.5. The number of rotatable bonds is 8. The van der Waals surface area contributed by atoms with Crippen LogP contribution in [0.4, 0.5) is 0 Å². The van der Waals surface area contributed by atoms with Crippen molar-refractivity contribution in [1.29, 1.82) is 0 Å². The van der Waals surface area contributed by atoms with Crippen molar-refractivity contribution in [2.24, 2.45) is 5.73 Å². The predicted octanol–water partition coefficient (Wildman–Crippen LogP) is 2.72. The summed E-state index contributed by atoms with van der Waals surface area (Å²) in [5.41, 5.74) is 6.92. The van der Waals surface area contributed by atoms with E-state index < -0.39 is 6.04 Å². The first-order valence-electron chi connectivity index (χ1n) is 8.06. The van der Waals surface area contributed by atoms with Gasteiger partial charge in [-0.25, -0.2) is 0 Å². The second-order valence-corrected chi connectivity index (χ2v) is 6.47. The van der Waals surface area contributed by atoms with Crippen molar-refractivity contribution in [3.63, 3.8) is 0 Å². The maximum atomic E-state index is 11.5. The van der Waals surface area contributed by atoms with Crippen LogP contribution in [0.5, 0.6) is 5.75 Å². The first kappa shape index (κ1) is 18.1. The Kier molecular flexibility index (Phi) is 7.71. The second kappa shape index (κ2) is 9.80. The first-order chi connectivity index (χ1) is 11.2. The fourth-order valence-electron chi connectivity index (χ4n) is 2.29. The summed E-state index contributed by atoms with van der Waals surface area (Å²) in [6.45, 7) is 2.91. The zero-order valence-corrected chi connectivity index (χ0v) is 14.3. The molecule has 1 heterocycles. The molecule has 0 radical (unpaired) electrons. The summed E-state index contributed by atoms with van der Waals surface area (Å²) in [5, 5.41) is 0. The Morgan fingerprint density at radius 1 is 1.48 bits per heavy atom. The molecule has 1 saturated heterocycles. The third kappa shape index (κ3) is 6.41. The normalized spacial score (nSPS) is 19.1. The predicted molar refractivity (Wildman–Crippen MR) is 91.4 cm³/mol. The van der Waals surface area contributed by atoms with Crippen molar-refractivity contribution in [2.75, 3.05) is 19.0 Å². The van der Waals surface area contributed by atoms with Crippen LogP contribution in [0.25, 0.3) is 0 Å². The van der Waals surface area contributed by atoms with E-state index >= 15 is 0 Å². The van der Waals surface area contributed by atoms with Crippen LogP contribution in [0, 0.1) is 0 Å². The molecule has 1 aromatic rings. The molecule has 23 heavy (non-hydrogen) atoms. The lowest BCUT2D eigenvalue weighted by Gasteiger charge is -2.23. The largest absolute Gasteiger partial charge is 0.465 e. The number of carbonyl (C=O) groups is 1. The number of thioether (sulfide) groups is 1. The van der Waals surface area contributed by atoms with Gasteiger partial charge >= 0.3 is 5.97 Å². The van der Waals surface area contributed by atoms with Crippen LogP contribution >= 0.6 is 11.8 Å². The molecule has 0 saturated carbocycles. The third-order valence-corrected chi connectivity index (χ3v) is 4.59. The average molecular weight is 339 g/mol. The summed E-state index contributed by atoms with van der Waals surface area (Å²) < 4.78 is 16.4. The number of carbonyl (C=O) groups excluding carboxylic acids is 1. The van der Waals surface area contributed by atoms with Crippen LogP contribution in [0.2, 0.25) is 0 Å². The molecule has 2 N–H and O–H groups in total. The van der Waals surface area contributed by atoms with Crippen LogP contribution in [0.15, 0.2) is 24.3 Å². The summed E-state index contributed by atoms with van der Waals surface area (Å²) in [6.07, 6.45) is 3.06. The van der Waals surface area contributed by atoms with Crippen molar-refractivity contribution in [2.45, 2.75) is 44.3 Å². The quantitative estimate of drug-likeness (QED) is 0.734. The minimum Gasteiger partial charge on any atom is -0.465 e. The number of hydrogen-bond donors (Lipinski definition) is 1. The van der Waals surface area contributed by atoms with Gasteiger partial charge in [0.25, 0.3) is 0 Å². The molecule has 0 aliphatic carbocycles. The van der Waals surface area contributed by atoms with Crippen LogP contribution in [-0.2, 0) is 20.0 Å². The van der Waals surface area contributed by atoms with Gasteiger partial charge in [0.05, 0.1) is 13.2 Å². The molecule has 1 aliphatic rings. The Bertz CT molecular complexity index is 491. The molecule has 0 aromatic heterocycles. The maximum Gasteiger partial charge on any atom is 0.323 e. The molecule has 1 aliphatic heterocycles. The van der Waals surface area contributed by atoms with Crippen molar-refractivity contribution < 1.29 is 19.0 Å². The third-order valence-electron chi connectivity index (χ3n) is 3.46. The van der Waals surface area contributed by atoms with Gasteiger partial charge in [-0.1, -0.05) is 12.1 Å². The number of esters is 1. The highest BCUT2D eigenvalue weighted by Crippen LogP contribution is 2.22. The minimum absolute atomic E-state index is 0.135. The van der Waals surface area contributed by atoms with Gasteiger partial charge < -0.3 is 19.9 Å². The van der Waals surface area contributed by atoms with E-state index in [1.54, 1.807) is 18.7 Å². The highest BCUT2D eigenvalue weighted by Gasteiger charge is 2.16. The molecular weight excluding hydrogens is 314 g/mol. The van der Waals surface area contributed by atoms with Crippen LogP contribution in [0.1, 0.15) is 31.7 Å². The fraction of sp³-hybridized carbons (Fsp3) is 0.588. The van der Waals surface area contributed by atoms with Gasteiger partial charge in [-0.05, 0) is 37.5 Å². The molecule has 6 heteroatoms. The van der Waals surface area contributed by atoms with Crippen molar-refractivity contribution in [1.82, 2.24) is 0 Å². The summed E-state index contributed by atoms with van der Waals surface area (Å²) in [4.78, 5) is 11.5. The molecule has 5 nitrogen and oxygen atoms in total. The summed E-state index contributed by atoms with van der Waals surface area (Å²) in [7, 11) is 0. The smallest absolute Gasteiger partial charge is 0.323 e. The van der Waals surface area contributed by atoms with E-state index in [2.05, 4.69) is 0 Å². The van der Waals surface area contributed by atoms with Gasteiger partial charge in [-0.15, -0.1) is 0 Å². The van der Waals surface area contributed by atoms with E-state index in [1.807, 2.05) is 24.3 Å². The van der Waals surface area contributed by atoms with Crippen LogP contribution < -0.4 is 10.5 Å². The van der Waals surface area contributed by atoms with Gasteiger partial charge in [0.2, 0.25) is 0 Å². The lowest BCUT2D eigenvalue weighted by molar-refractivity contribution is -0.144. The Labute approximate surface area is 141 Å². The minimum atomic E-state index is -0.574. The molecule has 0 spiro atoms. The lowest BCUT2D eigenvalue weighted by atomic mass is 10.2. The van der Waals surface area contributed by atoms with Gasteiger partial charge in [-0.2, -0.15) is 11.8 Å². The molecule has 0 bridgehead atoms. The number of ether oxygens (including phenoxy) is 3. The number of benzene rings is 1. The van der Waals surface area contributed by atoms with Gasteiger partial charge in [0.1, 0.15) is 11.8 Å². The molecule has 2 rings (SSSR count). The zero-order chi connectivity index (χ0) is 16.5. The molecule has 1 aromatic carbocycles. The zero-order valence-electron chi connectivity index (χ0n) is 13.5. The van der Waals surface area contributed by atoms with E-state index in [4.69, 9.17) is 19.9 Å². The van der Waals surface area contributed by atoms with E-state index in [0.717, 1.165) is 42.9 Å². The number of nitrogens with two attached hydrogens (primary N) is 1. The highest BCUT2D eigenvalue weighted by molar-refractivity contribution is 7.98. The standard InChI is InChI=1S/C17H25NO4S/c1-2-20-17(19)15(18)12-23-11-13-6-5-7-14(10-13)22-16-8-3-4-9-21-16/h5-7,10,15-16H,2-4,8-9,11-12,18H2,1H3/t15-,16?/m0/s1. The second-order valence-electron chi connectivity index (χ2n) is 5.44. The molecule has 1 unspecified atom stereocenters. The van der Waals surface area contributed by atoms with Crippen molar-refractivity contribution in [3.8, 4) is 5.75 Å². The molecule has 0 amide bonds. The Hall–Kier alpha value is -1.24. The van der Waals surface area contributed by atoms with Gasteiger partial charge in [-0.3, -0.25) is 4.79 Å². The van der Waals surface area contributed by atoms with E-state index in [-0.39, 0.29) is 12.3 Å². The lowest BCUT2D eigenvalue weighted by Crippen LogP contribution is -2.34. The topological polar surface area (TPSA) is 70.8 Å².